The Balaban J connectivity index is 1.92. The molecule has 6 nitrogen and oxygen atoms in total. The molecule has 23 heavy (non-hydrogen) atoms. The number of aromatic nitrogens is 1. The number of fused-ring (bicyclic) bond motifs is 3. The smallest absolute Gasteiger partial charge is 0.287 e. The molecule has 0 bridgehead atoms. The summed E-state index contributed by atoms with van der Waals surface area (Å²) in [6, 6.07) is 3.74. The number of thiophene rings is 1. The largest absolute Gasteiger partial charge is 0.493 e. The van der Waals surface area contributed by atoms with Gasteiger partial charge in [0.15, 0.2) is 17.2 Å². The fourth-order valence-electron chi connectivity index (χ4n) is 2.57. The summed E-state index contributed by atoms with van der Waals surface area (Å²) in [5, 5.41) is 2.12. The maximum absolute atomic E-state index is 12.3. The lowest BCUT2D eigenvalue weighted by Crippen LogP contribution is -2.24. The minimum atomic E-state index is -0.188. The standard InChI is InChI=1S/C16H16N2O4S/c1-18(21-3)16(19)12-6-9-11(23-12)7-10(20-2)14-13(9)17-15(22-14)8-4-5-8/h6-8H,4-5H2,1-3H3. The van der Waals surface area contributed by atoms with Gasteiger partial charge < -0.3 is 9.15 Å². The molecule has 1 aliphatic rings. The molecule has 2 aromatic heterocycles. The predicted molar refractivity (Wildman–Crippen MR) is 87.0 cm³/mol. The third kappa shape index (κ3) is 2.27. The Hall–Kier alpha value is -2.12. The van der Waals surface area contributed by atoms with Gasteiger partial charge in [-0.05, 0) is 18.9 Å². The summed E-state index contributed by atoms with van der Waals surface area (Å²) in [6.07, 6.45) is 2.23. The van der Waals surface area contributed by atoms with Crippen molar-refractivity contribution in [1.82, 2.24) is 10.0 Å². The topological polar surface area (TPSA) is 64.8 Å². The minimum absolute atomic E-state index is 0.188. The lowest BCUT2D eigenvalue weighted by molar-refractivity contribution is -0.0753. The monoisotopic (exact) mass is 332 g/mol. The molecule has 0 radical (unpaired) electrons. The zero-order chi connectivity index (χ0) is 16.1. The van der Waals surface area contributed by atoms with Crippen molar-refractivity contribution in [3.8, 4) is 5.75 Å². The van der Waals surface area contributed by atoms with Crippen LogP contribution in [0.5, 0.6) is 5.75 Å². The molecule has 7 heteroatoms. The fraction of sp³-hybridized carbons (Fsp3) is 0.375. The van der Waals surface area contributed by atoms with Crippen LogP contribution in [0.15, 0.2) is 16.5 Å². The predicted octanol–water partition coefficient (Wildman–Crippen LogP) is 3.56. The van der Waals surface area contributed by atoms with Crippen LogP contribution in [0.25, 0.3) is 21.2 Å². The first kappa shape index (κ1) is 14.5. The number of methoxy groups -OCH3 is 1. The SMILES string of the molecule is COc1cc2sc(C(=O)N(C)OC)cc2c2nc(C3CC3)oc12. The first-order valence-electron chi connectivity index (χ1n) is 7.35. The molecular formula is C16H16N2O4S. The average molecular weight is 332 g/mol. The normalized spacial score (nSPS) is 14.6. The van der Waals surface area contributed by atoms with Crippen LogP contribution in [-0.4, -0.2) is 37.2 Å². The Morgan fingerprint density at radius 1 is 1.39 bits per heavy atom. The van der Waals surface area contributed by atoms with Crippen LogP contribution in [0.1, 0.15) is 34.3 Å². The number of rotatable bonds is 4. The van der Waals surface area contributed by atoms with E-state index in [4.69, 9.17) is 14.0 Å². The van der Waals surface area contributed by atoms with Gasteiger partial charge in [0.25, 0.3) is 5.91 Å². The van der Waals surface area contributed by atoms with Gasteiger partial charge in [0, 0.05) is 29.1 Å². The number of carbonyl (C=O) groups is 1. The van der Waals surface area contributed by atoms with Crippen LogP contribution in [0.2, 0.25) is 0 Å². The molecule has 1 aromatic carbocycles. The van der Waals surface area contributed by atoms with E-state index in [1.54, 1.807) is 14.2 Å². The number of nitrogens with zero attached hydrogens (tertiary/aromatic N) is 2. The zero-order valence-corrected chi connectivity index (χ0v) is 13.9. The van der Waals surface area contributed by atoms with Crippen molar-refractivity contribution in [3.05, 3.63) is 22.9 Å². The van der Waals surface area contributed by atoms with E-state index in [1.807, 2.05) is 12.1 Å². The van der Waals surface area contributed by atoms with Crippen molar-refractivity contribution in [2.45, 2.75) is 18.8 Å². The summed E-state index contributed by atoms with van der Waals surface area (Å²) in [5.41, 5.74) is 1.41. The third-order valence-electron chi connectivity index (χ3n) is 4.06. The van der Waals surface area contributed by atoms with Gasteiger partial charge in [-0.15, -0.1) is 11.3 Å². The molecular weight excluding hydrogens is 316 g/mol. The second kappa shape index (κ2) is 5.21. The van der Waals surface area contributed by atoms with Crippen molar-refractivity contribution in [2.75, 3.05) is 21.3 Å². The van der Waals surface area contributed by atoms with E-state index in [1.165, 1.54) is 23.5 Å². The summed E-state index contributed by atoms with van der Waals surface area (Å²) >= 11 is 1.39. The average Bonchev–Trinajstić information content (AvgIpc) is 3.17. The van der Waals surface area contributed by atoms with Gasteiger partial charge in [-0.25, -0.2) is 10.0 Å². The fourth-order valence-corrected chi connectivity index (χ4v) is 3.63. The second-order valence-corrected chi connectivity index (χ2v) is 6.67. The molecule has 0 spiro atoms. The molecule has 1 saturated carbocycles. The van der Waals surface area contributed by atoms with Crippen molar-refractivity contribution < 1.29 is 18.8 Å². The second-order valence-electron chi connectivity index (χ2n) is 5.59. The number of amides is 1. The minimum Gasteiger partial charge on any atom is -0.493 e. The molecule has 1 fully saturated rings. The number of oxazole rings is 1. The van der Waals surface area contributed by atoms with Gasteiger partial charge in [-0.1, -0.05) is 0 Å². The molecule has 3 aromatic rings. The molecule has 4 rings (SSSR count). The number of carbonyl (C=O) groups excluding carboxylic acids is 1. The summed E-state index contributed by atoms with van der Waals surface area (Å²) in [6.45, 7) is 0. The molecule has 1 amide bonds. The maximum atomic E-state index is 12.3. The molecule has 0 atom stereocenters. The highest BCUT2D eigenvalue weighted by atomic mass is 32.1. The van der Waals surface area contributed by atoms with E-state index in [2.05, 4.69) is 4.98 Å². The van der Waals surface area contributed by atoms with E-state index in [0.717, 1.165) is 34.3 Å². The summed E-state index contributed by atoms with van der Waals surface area (Å²) in [7, 11) is 4.66. The van der Waals surface area contributed by atoms with Crippen LogP contribution in [0, 0.1) is 0 Å². The Morgan fingerprint density at radius 3 is 2.83 bits per heavy atom. The highest BCUT2D eigenvalue weighted by Crippen LogP contribution is 2.44. The Bertz CT molecular complexity index is 910. The number of ether oxygens (including phenoxy) is 1. The molecule has 2 heterocycles. The number of hydrogen-bond donors (Lipinski definition) is 0. The van der Waals surface area contributed by atoms with Gasteiger partial charge in [0.2, 0.25) is 0 Å². The van der Waals surface area contributed by atoms with Gasteiger partial charge >= 0.3 is 0 Å². The first-order chi connectivity index (χ1) is 11.1. The van der Waals surface area contributed by atoms with Crippen molar-refractivity contribution in [1.29, 1.82) is 0 Å². The molecule has 0 N–H and O–H groups in total. The Morgan fingerprint density at radius 2 is 2.17 bits per heavy atom. The quantitative estimate of drug-likeness (QED) is 0.684. The van der Waals surface area contributed by atoms with Crippen molar-refractivity contribution >= 4 is 38.4 Å². The summed E-state index contributed by atoms with van der Waals surface area (Å²) in [4.78, 5) is 22.5. The van der Waals surface area contributed by atoms with E-state index >= 15 is 0 Å². The van der Waals surface area contributed by atoms with Crippen LogP contribution >= 0.6 is 11.3 Å². The van der Waals surface area contributed by atoms with Gasteiger partial charge in [-0.3, -0.25) is 9.63 Å². The molecule has 1 aliphatic carbocycles. The number of hydrogen-bond acceptors (Lipinski definition) is 6. The highest BCUT2D eigenvalue weighted by Gasteiger charge is 2.30. The van der Waals surface area contributed by atoms with Crippen molar-refractivity contribution in [3.63, 3.8) is 0 Å². The Labute approximate surface area is 136 Å². The van der Waals surface area contributed by atoms with Crippen molar-refractivity contribution in [2.24, 2.45) is 0 Å². The number of benzene rings is 1. The molecule has 120 valence electrons. The summed E-state index contributed by atoms with van der Waals surface area (Å²) in [5.74, 6) is 1.64. The molecule has 0 unspecified atom stereocenters. The van der Waals surface area contributed by atoms with E-state index < -0.39 is 0 Å². The lowest BCUT2D eigenvalue weighted by Gasteiger charge is -2.11. The van der Waals surface area contributed by atoms with Crippen LogP contribution in [0.4, 0.5) is 0 Å². The lowest BCUT2D eigenvalue weighted by atomic mass is 10.2. The maximum Gasteiger partial charge on any atom is 0.287 e. The highest BCUT2D eigenvalue weighted by molar-refractivity contribution is 7.21. The van der Waals surface area contributed by atoms with E-state index in [-0.39, 0.29) is 5.91 Å². The zero-order valence-electron chi connectivity index (χ0n) is 13.1. The van der Waals surface area contributed by atoms with Crippen LogP contribution < -0.4 is 4.74 Å². The van der Waals surface area contributed by atoms with Gasteiger partial charge in [0.05, 0.1) is 19.1 Å². The van der Waals surface area contributed by atoms with Gasteiger partial charge in [-0.2, -0.15) is 0 Å². The molecule has 0 saturated heterocycles. The van der Waals surface area contributed by atoms with E-state index in [9.17, 15) is 4.79 Å². The summed E-state index contributed by atoms with van der Waals surface area (Å²) < 4.78 is 12.3. The third-order valence-corrected chi connectivity index (χ3v) is 5.13. The first-order valence-corrected chi connectivity index (χ1v) is 8.17. The number of hydroxylamine groups is 2. The van der Waals surface area contributed by atoms with E-state index in [0.29, 0.717) is 22.1 Å². The Kier molecular flexibility index (Phi) is 3.28. The van der Waals surface area contributed by atoms with Gasteiger partial charge in [0.1, 0.15) is 5.52 Å². The van der Waals surface area contributed by atoms with Crippen LogP contribution in [0.3, 0.4) is 0 Å². The molecule has 0 aliphatic heterocycles. The van der Waals surface area contributed by atoms with Crippen LogP contribution in [-0.2, 0) is 4.84 Å².